The average molecular weight is 377 g/mol. The van der Waals surface area contributed by atoms with Gasteiger partial charge in [0.15, 0.2) is 5.82 Å². The number of aryl methyl sites for hydroxylation is 2. The van der Waals surface area contributed by atoms with Gasteiger partial charge in [0, 0.05) is 11.4 Å². The van der Waals surface area contributed by atoms with E-state index in [1.54, 1.807) is 4.52 Å². The molecule has 2 heterocycles. The SMILES string of the molecule is Cc1cc(C)n2nc(CC(=O)NC(c3ccccc3)C3CCCCC3)nc2n1. The molecule has 28 heavy (non-hydrogen) atoms. The smallest absolute Gasteiger partial charge is 0.252 e. The minimum Gasteiger partial charge on any atom is -0.349 e. The van der Waals surface area contributed by atoms with Crippen LogP contribution in [0.1, 0.15) is 60.9 Å². The number of fused-ring (bicyclic) bond motifs is 1. The number of nitrogens with one attached hydrogen (secondary N) is 1. The number of aromatic nitrogens is 4. The minimum atomic E-state index is -0.0373. The molecule has 0 saturated heterocycles. The van der Waals surface area contributed by atoms with Gasteiger partial charge < -0.3 is 5.32 Å². The second-order valence-electron chi connectivity index (χ2n) is 7.81. The summed E-state index contributed by atoms with van der Waals surface area (Å²) in [5.41, 5.74) is 3.04. The van der Waals surface area contributed by atoms with Crippen LogP contribution in [0.4, 0.5) is 0 Å². The summed E-state index contributed by atoms with van der Waals surface area (Å²) in [7, 11) is 0. The fourth-order valence-corrected chi connectivity index (χ4v) is 4.25. The second-order valence-corrected chi connectivity index (χ2v) is 7.81. The van der Waals surface area contributed by atoms with Crippen molar-refractivity contribution in [2.75, 3.05) is 0 Å². The van der Waals surface area contributed by atoms with Gasteiger partial charge in [0.1, 0.15) is 0 Å². The van der Waals surface area contributed by atoms with Crippen molar-refractivity contribution in [1.29, 1.82) is 0 Å². The largest absolute Gasteiger partial charge is 0.349 e. The molecule has 0 radical (unpaired) electrons. The maximum absolute atomic E-state index is 12.8. The van der Waals surface area contributed by atoms with Crippen LogP contribution in [0.5, 0.6) is 0 Å². The Balaban J connectivity index is 1.52. The van der Waals surface area contributed by atoms with E-state index in [9.17, 15) is 4.79 Å². The first-order valence-corrected chi connectivity index (χ1v) is 10.1. The Morgan fingerprint density at radius 3 is 2.64 bits per heavy atom. The van der Waals surface area contributed by atoms with Gasteiger partial charge in [0.2, 0.25) is 5.91 Å². The number of nitrogens with zero attached hydrogens (tertiary/aromatic N) is 4. The lowest BCUT2D eigenvalue weighted by Gasteiger charge is -2.31. The molecule has 1 amide bonds. The van der Waals surface area contributed by atoms with Crippen molar-refractivity contribution in [2.45, 2.75) is 58.4 Å². The van der Waals surface area contributed by atoms with E-state index in [2.05, 4.69) is 32.5 Å². The maximum atomic E-state index is 12.8. The molecule has 0 aliphatic heterocycles. The van der Waals surface area contributed by atoms with Gasteiger partial charge in [-0.1, -0.05) is 49.6 Å². The van der Waals surface area contributed by atoms with Crippen LogP contribution in [0, 0.1) is 19.8 Å². The predicted octanol–water partition coefficient (Wildman–Crippen LogP) is 3.72. The van der Waals surface area contributed by atoms with E-state index in [-0.39, 0.29) is 18.4 Å². The zero-order valence-corrected chi connectivity index (χ0v) is 16.6. The van der Waals surface area contributed by atoms with Crippen LogP contribution >= 0.6 is 0 Å². The first-order valence-electron chi connectivity index (χ1n) is 10.1. The monoisotopic (exact) mass is 377 g/mol. The molecule has 1 N–H and O–H groups in total. The van der Waals surface area contributed by atoms with Crippen LogP contribution in [0.3, 0.4) is 0 Å². The van der Waals surface area contributed by atoms with Crippen molar-refractivity contribution < 1.29 is 4.79 Å². The van der Waals surface area contributed by atoms with Crippen LogP contribution in [0.15, 0.2) is 36.4 Å². The normalized spacial score (nSPS) is 16.2. The summed E-state index contributed by atoms with van der Waals surface area (Å²) in [4.78, 5) is 21.7. The molecule has 1 fully saturated rings. The highest BCUT2D eigenvalue weighted by molar-refractivity contribution is 5.78. The number of carbonyl (C=O) groups is 1. The summed E-state index contributed by atoms with van der Waals surface area (Å²) in [5.74, 6) is 1.51. The molecule has 1 aliphatic rings. The molecule has 6 nitrogen and oxygen atoms in total. The van der Waals surface area contributed by atoms with E-state index < -0.39 is 0 Å². The summed E-state index contributed by atoms with van der Waals surface area (Å²) >= 11 is 0. The van der Waals surface area contributed by atoms with Gasteiger partial charge in [0.05, 0.1) is 12.5 Å². The summed E-state index contributed by atoms with van der Waals surface area (Å²) in [6, 6.07) is 12.3. The molecule has 4 rings (SSSR count). The third-order valence-electron chi connectivity index (χ3n) is 5.58. The zero-order valence-electron chi connectivity index (χ0n) is 16.6. The standard InChI is InChI=1S/C22H27N5O/c1-15-13-16(2)27-22(23-15)24-19(26-27)14-20(28)25-21(17-9-5-3-6-10-17)18-11-7-4-8-12-18/h3,5-6,9-10,13,18,21H,4,7-8,11-12,14H2,1-2H3,(H,25,28). The summed E-state index contributed by atoms with van der Waals surface area (Å²) < 4.78 is 1.70. The van der Waals surface area contributed by atoms with E-state index in [1.165, 1.54) is 24.8 Å². The van der Waals surface area contributed by atoms with Crippen LogP contribution in [-0.4, -0.2) is 25.5 Å². The van der Waals surface area contributed by atoms with Gasteiger partial charge in [-0.05, 0) is 44.2 Å². The second kappa shape index (κ2) is 8.09. The predicted molar refractivity (Wildman–Crippen MR) is 108 cm³/mol. The molecule has 0 spiro atoms. The number of hydrogen-bond donors (Lipinski definition) is 1. The number of amides is 1. The Kier molecular flexibility index (Phi) is 5.37. The summed E-state index contributed by atoms with van der Waals surface area (Å²) in [6.45, 7) is 3.90. The van der Waals surface area contributed by atoms with Crippen LogP contribution in [0.2, 0.25) is 0 Å². The molecule has 0 bridgehead atoms. The molecule has 1 aliphatic carbocycles. The number of hydrogen-bond acceptors (Lipinski definition) is 4. The lowest BCUT2D eigenvalue weighted by Crippen LogP contribution is -2.35. The van der Waals surface area contributed by atoms with Crippen molar-refractivity contribution in [2.24, 2.45) is 5.92 Å². The Morgan fingerprint density at radius 1 is 1.14 bits per heavy atom. The molecule has 3 aromatic rings. The van der Waals surface area contributed by atoms with Gasteiger partial charge in [-0.15, -0.1) is 5.10 Å². The lowest BCUT2D eigenvalue weighted by atomic mass is 9.81. The quantitative estimate of drug-likeness (QED) is 0.735. The highest BCUT2D eigenvalue weighted by Gasteiger charge is 2.27. The van der Waals surface area contributed by atoms with Crippen molar-refractivity contribution in [1.82, 2.24) is 24.9 Å². The third-order valence-corrected chi connectivity index (χ3v) is 5.58. The molecule has 1 atom stereocenters. The van der Waals surface area contributed by atoms with E-state index >= 15 is 0 Å². The molecular formula is C22H27N5O. The molecule has 1 aromatic carbocycles. The van der Waals surface area contributed by atoms with Gasteiger partial charge in [0.25, 0.3) is 5.78 Å². The van der Waals surface area contributed by atoms with Gasteiger partial charge in [-0.3, -0.25) is 4.79 Å². The third kappa shape index (κ3) is 4.06. The minimum absolute atomic E-state index is 0.0373. The van der Waals surface area contributed by atoms with Crippen LogP contribution < -0.4 is 5.32 Å². The number of benzene rings is 1. The van der Waals surface area contributed by atoms with Gasteiger partial charge in [-0.25, -0.2) is 9.50 Å². The topological polar surface area (TPSA) is 72.2 Å². The fraction of sp³-hybridized carbons (Fsp3) is 0.455. The van der Waals surface area contributed by atoms with Crippen LogP contribution in [0.25, 0.3) is 5.78 Å². The van der Waals surface area contributed by atoms with Gasteiger partial charge in [-0.2, -0.15) is 4.98 Å². The zero-order chi connectivity index (χ0) is 19.5. The fourth-order valence-electron chi connectivity index (χ4n) is 4.25. The van der Waals surface area contributed by atoms with E-state index in [0.717, 1.165) is 24.2 Å². The first kappa shape index (κ1) is 18.6. The lowest BCUT2D eigenvalue weighted by molar-refractivity contribution is -0.121. The highest BCUT2D eigenvalue weighted by Crippen LogP contribution is 2.34. The molecule has 146 valence electrons. The number of rotatable bonds is 5. The van der Waals surface area contributed by atoms with Crippen molar-refractivity contribution >= 4 is 11.7 Å². The molecule has 6 heteroatoms. The van der Waals surface area contributed by atoms with Crippen molar-refractivity contribution in [3.8, 4) is 0 Å². The van der Waals surface area contributed by atoms with Crippen molar-refractivity contribution in [3.05, 3.63) is 59.2 Å². The molecule has 2 aromatic heterocycles. The van der Waals surface area contributed by atoms with Crippen molar-refractivity contribution in [3.63, 3.8) is 0 Å². The first-order chi connectivity index (χ1) is 13.6. The van der Waals surface area contributed by atoms with Crippen LogP contribution in [-0.2, 0) is 11.2 Å². The maximum Gasteiger partial charge on any atom is 0.252 e. The summed E-state index contributed by atoms with van der Waals surface area (Å²) in [6.07, 6.45) is 6.26. The Hall–Kier alpha value is -2.76. The van der Waals surface area contributed by atoms with E-state index in [1.807, 2.05) is 38.1 Å². The van der Waals surface area contributed by atoms with Gasteiger partial charge >= 0.3 is 0 Å². The molecule has 1 unspecified atom stereocenters. The summed E-state index contributed by atoms with van der Waals surface area (Å²) in [5, 5.41) is 7.74. The van der Waals surface area contributed by atoms with E-state index in [0.29, 0.717) is 17.5 Å². The highest BCUT2D eigenvalue weighted by atomic mass is 16.1. The Bertz CT molecular complexity index is 960. The number of carbonyl (C=O) groups excluding carboxylic acids is 1. The molecule has 1 saturated carbocycles. The Labute approximate surface area is 165 Å². The van der Waals surface area contributed by atoms with E-state index in [4.69, 9.17) is 0 Å². The average Bonchev–Trinajstić information content (AvgIpc) is 3.10. The Morgan fingerprint density at radius 2 is 1.89 bits per heavy atom. The molecular weight excluding hydrogens is 350 g/mol.